The van der Waals surface area contributed by atoms with Crippen LogP contribution in [0.3, 0.4) is 0 Å². The van der Waals surface area contributed by atoms with E-state index >= 15 is 0 Å². The molecular weight excluding hydrogens is 478 g/mol. The highest BCUT2D eigenvalue weighted by atomic mass is 127. The van der Waals surface area contributed by atoms with Crippen molar-refractivity contribution in [2.24, 2.45) is 5.11 Å². The molecule has 0 fully saturated rings. The van der Waals surface area contributed by atoms with Gasteiger partial charge in [0.2, 0.25) is 0 Å². The van der Waals surface area contributed by atoms with Crippen molar-refractivity contribution in [2.45, 2.75) is 6.54 Å². The van der Waals surface area contributed by atoms with Crippen molar-refractivity contribution in [3.05, 3.63) is 75.9 Å². The predicted octanol–water partition coefficient (Wildman–Crippen LogP) is 5.59. The Bertz CT molecular complexity index is 677. The third-order valence-electron chi connectivity index (χ3n) is 2.64. The molecule has 1 aromatic heterocycles. The van der Waals surface area contributed by atoms with Crippen LogP contribution in [0.4, 0.5) is 0 Å². The van der Waals surface area contributed by atoms with Crippen LogP contribution in [0.15, 0.2) is 53.8 Å². The van der Waals surface area contributed by atoms with E-state index in [0.717, 1.165) is 24.0 Å². The average molecular weight is 488 g/mol. The van der Waals surface area contributed by atoms with Crippen LogP contribution in [0.2, 0.25) is 0 Å². The van der Waals surface area contributed by atoms with Gasteiger partial charge in [-0.3, -0.25) is 4.98 Å². The van der Waals surface area contributed by atoms with E-state index in [1.165, 1.54) is 0 Å². The van der Waals surface area contributed by atoms with Crippen molar-refractivity contribution in [3.8, 4) is 0 Å². The Morgan fingerprint density at radius 2 is 1.85 bits per heavy atom. The summed E-state index contributed by atoms with van der Waals surface area (Å²) >= 11 is 4.61. The van der Waals surface area contributed by atoms with Gasteiger partial charge in [0, 0.05) is 14.7 Å². The Kier molecular flexibility index (Phi) is 5.81. The zero-order valence-corrected chi connectivity index (χ0v) is 14.7. The zero-order valence-electron chi connectivity index (χ0n) is 10.4. The van der Waals surface area contributed by atoms with Gasteiger partial charge in [-0.25, -0.2) is 0 Å². The van der Waals surface area contributed by atoms with Crippen LogP contribution in [-0.4, -0.2) is 4.98 Å². The van der Waals surface area contributed by atoms with Crippen molar-refractivity contribution in [2.75, 3.05) is 0 Å². The molecule has 0 aliphatic heterocycles. The number of aromatic nitrogens is 1. The minimum Gasteiger partial charge on any atom is -0.256 e. The summed E-state index contributed by atoms with van der Waals surface area (Å²) in [4.78, 5) is 7.19. The average Bonchev–Trinajstić information content (AvgIpc) is 2.52. The first-order valence-corrected chi connectivity index (χ1v) is 7.95. The van der Waals surface area contributed by atoms with Crippen LogP contribution >= 0.6 is 45.2 Å². The lowest BCUT2D eigenvalue weighted by Crippen LogP contribution is -1.91. The first-order chi connectivity index (χ1) is 9.74. The number of halogens is 2. The van der Waals surface area contributed by atoms with Gasteiger partial charge in [0.15, 0.2) is 0 Å². The summed E-state index contributed by atoms with van der Waals surface area (Å²) < 4.78 is 2.18. The molecule has 0 aliphatic carbocycles. The largest absolute Gasteiger partial charge is 0.256 e. The van der Waals surface area contributed by atoms with Crippen LogP contribution < -0.4 is 0 Å². The molecule has 0 N–H and O–H groups in total. The van der Waals surface area contributed by atoms with E-state index in [1.807, 2.05) is 42.5 Å². The summed E-state index contributed by atoms with van der Waals surface area (Å²) in [6, 6.07) is 13.8. The second-order valence-corrected chi connectivity index (χ2v) is 6.05. The third-order valence-corrected chi connectivity index (χ3v) is 5.89. The van der Waals surface area contributed by atoms with Crippen LogP contribution in [0, 0.1) is 0 Å². The van der Waals surface area contributed by atoms with Gasteiger partial charge in [-0.15, -0.1) is 0 Å². The van der Waals surface area contributed by atoms with Gasteiger partial charge >= 0.3 is 0 Å². The first kappa shape index (κ1) is 15.3. The molecule has 0 unspecified atom stereocenters. The molecule has 0 radical (unpaired) electrons. The Morgan fingerprint density at radius 1 is 1.10 bits per heavy atom. The van der Waals surface area contributed by atoms with Crippen molar-refractivity contribution in [3.63, 3.8) is 0 Å². The van der Waals surface area contributed by atoms with Gasteiger partial charge in [0.1, 0.15) is 0 Å². The summed E-state index contributed by atoms with van der Waals surface area (Å²) in [6.45, 7) is 0.352. The van der Waals surface area contributed by atoms with Crippen molar-refractivity contribution >= 4 is 52.3 Å². The number of hydrogen-bond donors (Lipinski definition) is 0. The third kappa shape index (κ3) is 3.71. The van der Waals surface area contributed by atoms with Crippen molar-refractivity contribution < 1.29 is 0 Å². The number of hydrogen-bond acceptors (Lipinski definition) is 2. The van der Waals surface area contributed by atoms with Gasteiger partial charge in [-0.1, -0.05) is 35.4 Å². The van der Waals surface area contributed by atoms with Gasteiger partial charge in [-0.05, 0) is 74.0 Å². The lowest BCUT2D eigenvalue weighted by molar-refractivity contribution is 1.04. The van der Waals surface area contributed by atoms with Crippen LogP contribution in [-0.2, 0) is 6.54 Å². The van der Waals surface area contributed by atoms with Crippen molar-refractivity contribution in [1.82, 2.24) is 4.98 Å². The van der Waals surface area contributed by atoms with E-state index in [-0.39, 0.29) is 0 Å². The maximum absolute atomic E-state index is 8.48. The van der Waals surface area contributed by atoms with E-state index < -0.39 is 0 Å². The number of nitrogens with zero attached hydrogens (tertiary/aromatic N) is 4. The fourth-order valence-corrected chi connectivity index (χ4v) is 3.12. The normalized spacial score (nSPS) is 11.5. The molecule has 0 amide bonds. The molecule has 2 rings (SSSR count). The molecule has 0 aliphatic rings. The van der Waals surface area contributed by atoms with E-state index in [9.17, 15) is 0 Å². The molecule has 6 heteroatoms. The number of rotatable bonds is 4. The Labute approximate surface area is 144 Å². The number of azide groups is 1. The molecule has 1 aromatic carbocycles. The van der Waals surface area contributed by atoms with Crippen molar-refractivity contribution in [1.29, 1.82) is 0 Å². The van der Waals surface area contributed by atoms with E-state index in [1.54, 1.807) is 6.20 Å². The Hall–Kier alpha value is -1.12. The Balaban J connectivity index is 2.47. The maximum Gasteiger partial charge on any atom is 0.0773 e. The summed E-state index contributed by atoms with van der Waals surface area (Å²) in [6.07, 6.45) is 1.78. The highest BCUT2D eigenvalue weighted by molar-refractivity contribution is 14.1. The molecule has 100 valence electrons. The van der Waals surface area contributed by atoms with Gasteiger partial charge in [0.05, 0.1) is 15.8 Å². The highest BCUT2D eigenvalue weighted by Gasteiger charge is 2.10. The fourth-order valence-electron chi connectivity index (χ4n) is 1.70. The predicted molar refractivity (Wildman–Crippen MR) is 98.4 cm³/mol. The highest BCUT2D eigenvalue weighted by Crippen LogP contribution is 2.36. The molecule has 1 heterocycles. The molecule has 2 aromatic rings. The maximum atomic E-state index is 8.48. The summed E-state index contributed by atoms with van der Waals surface area (Å²) in [5.74, 6) is 0. The minimum absolute atomic E-state index is 0.352. The van der Waals surface area contributed by atoms with Gasteiger partial charge in [0.25, 0.3) is 0 Å². The lowest BCUT2D eigenvalue weighted by Gasteiger charge is -2.09. The summed E-state index contributed by atoms with van der Waals surface area (Å²) in [5, 5.41) is 3.65. The van der Waals surface area contributed by atoms with Crippen LogP contribution in [0.5, 0.6) is 0 Å². The molecular formula is C14H10I2N4. The molecule has 0 saturated heterocycles. The van der Waals surface area contributed by atoms with Gasteiger partial charge < -0.3 is 0 Å². The molecule has 4 nitrogen and oxygen atoms in total. The smallest absolute Gasteiger partial charge is 0.0773 e. The van der Waals surface area contributed by atoms with Crippen LogP contribution in [0.25, 0.3) is 17.6 Å². The van der Waals surface area contributed by atoms with Crippen LogP contribution in [0.1, 0.15) is 16.8 Å². The second-order valence-electron chi connectivity index (χ2n) is 3.89. The number of benzene rings is 1. The fraction of sp³-hybridized carbons (Fsp3) is 0.0714. The SMILES string of the molecule is [N-]=[N+]=NCc1ccccc1/C(I)=C(\I)c1ccccn1. The monoisotopic (exact) mass is 488 g/mol. The van der Waals surface area contributed by atoms with E-state index in [4.69, 9.17) is 5.53 Å². The first-order valence-electron chi connectivity index (χ1n) is 5.80. The second kappa shape index (κ2) is 7.61. The Morgan fingerprint density at radius 3 is 2.55 bits per heavy atom. The summed E-state index contributed by atoms with van der Waals surface area (Å²) in [5.41, 5.74) is 11.5. The summed E-state index contributed by atoms with van der Waals surface area (Å²) in [7, 11) is 0. The molecule has 0 saturated carbocycles. The molecule has 20 heavy (non-hydrogen) atoms. The standard InChI is InChI=1S/C14H10I2N4/c15-13(14(16)12-7-3-4-8-18-12)11-6-2-1-5-10(11)9-19-20-17/h1-8H,9H2/b14-13+. The lowest BCUT2D eigenvalue weighted by atomic mass is 10.1. The molecule has 0 bridgehead atoms. The molecule has 0 spiro atoms. The molecule has 0 atom stereocenters. The quantitative estimate of drug-likeness (QED) is 0.240. The topological polar surface area (TPSA) is 61.7 Å². The number of pyridine rings is 1. The zero-order chi connectivity index (χ0) is 14.4. The minimum atomic E-state index is 0.352. The van der Waals surface area contributed by atoms with E-state index in [0.29, 0.717) is 6.54 Å². The van der Waals surface area contributed by atoms with E-state index in [2.05, 4.69) is 60.2 Å². The van der Waals surface area contributed by atoms with Gasteiger partial charge in [-0.2, -0.15) is 0 Å².